The molecule has 0 saturated heterocycles. The molecule has 2 aromatic carbocycles. The maximum atomic E-state index is 12.3. The first kappa shape index (κ1) is 19.4. The fourth-order valence-electron chi connectivity index (χ4n) is 3.08. The van der Waals surface area contributed by atoms with Gasteiger partial charge in [-0.1, -0.05) is 23.7 Å². The molecule has 2 heterocycles. The summed E-state index contributed by atoms with van der Waals surface area (Å²) < 4.78 is 5.61. The Morgan fingerprint density at radius 1 is 1.24 bits per heavy atom. The van der Waals surface area contributed by atoms with Gasteiger partial charge in [0.15, 0.2) is 11.7 Å². The van der Waals surface area contributed by atoms with E-state index < -0.39 is 0 Å². The van der Waals surface area contributed by atoms with E-state index >= 15 is 0 Å². The first-order valence-corrected chi connectivity index (χ1v) is 10.3. The summed E-state index contributed by atoms with van der Waals surface area (Å²) >= 11 is 7.35. The van der Waals surface area contributed by atoms with Gasteiger partial charge in [-0.05, 0) is 49.2 Å². The van der Waals surface area contributed by atoms with E-state index in [2.05, 4.69) is 15.6 Å². The number of thiazole rings is 1. The van der Waals surface area contributed by atoms with E-state index in [1.807, 2.05) is 37.3 Å². The number of amides is 2. The van der Waals surface area contributed by atoms with Crippen molar-refractivity contribution in [3.05, 3.63) is 57.9 Å². The lowest BCUT2D eigenvalue weighted by Gasteiger charge is -2.17. The van der Waals surface area contributed by atoms with E-state index in [1.54, 1.807) is 12.1 Å². The molecule has 0 unspecified atom stereocenters. The molecule has 1 aliphatic rings. The molecule has 0 aliphatic carbocycles. The van der Waals surface area contributed by atoms with E-state index in [4.69, 9.17) is 16.3 Å². The Bertz CT molecular complexity index is 1080. The second-order valence-electron chi connectivity index (χ2n) is 6.63. The quantitative estimate of drug-likeness (QED) is 0.619. The number of fused-ring (bicyclic) bond motifs is 1. The average Bonchev–Trinajstić information content (AvgIpc) is 3.07. The second-order valence-corrected chi connectivity index (χ2v) is 8.27. The van der Waals surface area contributed by atoms with Crippen LogP contribution in [0.2, 0.25) is 5.02 Å². The van der Waals surface area contributed by atoms with Crippen molar-refractivity contribution in [2.75, 3.05) is 17.2 Å². The van der Waals surface area contributed by atoms with Crippen molar-refractivity contribution in [3.8, 4) is 17.0 Å². The molecule has 4 rings (SSSR count). The van der Waals surface area contributed by atoms with Crippen LogP contribution in [0, 0.1) is 6.92 Å². The maximum Gasteiger partial charge on any atom is 0.264 e. The highest BCUT2D eigenvalue weighted by molar-refractivity contribution is 7.16. The lowest BCUT2D eigenvalue weighted by atomic mass is 10.0. The number of carbonyl (C=O) groups excluding carboxylic acids is 2. The lowest BCUT2D eigenvalue weighted by molar-refractivity contribution is -0.118. The Morgan fingerprint density at radius 2 is 2.03 bits per heavy atom. The van der Waals surface area contributed by atoms with Crippen LogP contribution in [0.15, 0.2) is 42.5 Å². The minimum absolute atomic E-state index is 0.0160. The number of anilines is 2. The van der Waals surface area contributed by atoms with Gasteiger partial charge in [-0.3, -0.25) is 14.9 Å². The van der Waals surface area contributed by atoms with Crippen LogP contribution in [0.1, 0.15) is 16.9 Å². The number of ether oxygens (including phenoxy) is 1. The van der Waals surface area contributed by atoms with Crippen molar-refractivity contribution in [2.45, 2.75) is 19.8 Å². The number of nitrogens with zero attached hydrogens (tertiary/aromatic N) is 1. The van der Waals surface area contributed by atoms with Crippen LogP contribution in [-0.4, -0.2) is 23.4 Å². The molecule has 0 saturated carbocycles. The first-order chi connectivity index (χ1) is 14.0. The predicted octanol–water partition coefficient (Wildman–Crippen LogP) is 4.67. The number of benzene rings is 2. The second kappa shape index (κ2) is 8.23. The Labute approximate surface area is 176 Å². The van der Waals surface area contributed by atoms with E-state index in [0.29, 0.717) is 28.7 Å². The van der Waals surface area contributed by atoms with Gasteiger partial charge in [0.2, 0.25) is 5.91 Å². The normalized spacial score (nSPS) is 12.8. The van der Waals surface area contributed by atoms with Gasteiger partial charge >= 0.3 is 0 Å². The largest absolute Gasteiger partial charge is 0.484 e. The maximum absolute atomic E-state index is 12.3. The summed E-state index contributed by atoms with van der Waals surface area (Å²) in [6.45, 7) is 1.83. The zero-order valence-corrected chi connectivity index (χ0v) is 17.2. The monoisotopic (exact) mass is 427 g/mol. The van der Waals surface area contributed by atoms with Crippen LogP contribution < -0.4 is 15.4 Å². The number of aromatic nitrogens is 1. The highest BCUT2D eigenvalue weighted by Crippen LogP contribution is 2.31. The van der Waals surface area contributed by atoms with Gasteiger partial charge in [0, 0.05) is 27.6 Å². The Kier molecular flexibility index (Phi) is 5.51. The standard InChI is InChI=1S/C21H18ClN3O3S/c1-12-20(13-2-5-15(22)6-3-13)25-21(29-12)24-19(27)11-28-16-7-8-17-14(10-16)4-9-18(26)23-17/h2-3,5-8,10H,4,9,11H2,1H3,(H,23,26)(H,24,25,27). The van der Waals surface area contributed by atoms with Crippen LogP contribution in [0.3, 0.4) is 0 Å². The van der Waals surface area contributed by atoms with Crippen molar-refractivity contribution in [1.82, 2.24) is 4.98 Å². The Balaban J connectivity index is 1.37. The smallest absolute Gasteiger partial charge is 0.264 e. The van der Waals surface area contributed by atoms with Crippen LogP contribution in [-0.2, 0) is 16.0 Å². The predicted molar refractivity (Wildman–Crippen MR) is 115 cm³/mol. The molecule has 0 spiro atoms. The molecule has 2 N–H and O–H groups in total. The highest BCUT2D eigenvalue weighted by Gasteiger charge is 2.16. The van der Waals surface area contributed by atoms with E-state index in [9.17, 15) is 9.59 Å². The molecular weight excluding hydrogens is 410 g/mol. The third-order valence-corrected chi connectivity index (χ3v) is 5.64. The molecule has 0 radical (unpaired) electrons. The Morgan fingerprint density at radius 3 is 2.83 bits per heavy atom. The topological polar surface area (TPSA) is 80.3 Å². The average molecular weight is 428 g/mol. The third-order valence-electron chi connectivity index (χ3n) is 4.50. The minimum Gasteiger partial charge on any atom is -0.484 e. The minimum atomic E-state index is -0.285. The number of carbonyl (C=O) groups is 2. The molecule has 3 aromatic rings. The molecule has 0 bridgehead atoms. The summed E-state index contributed by atoms with van der Waals surface area (Å²) in [6.07, 6.45) is 1.12. The van der Waals surface area contributed by atoms with Crippen LogP contribution in [0.25, 0.3) is 11.3 Å². The SMILES string of the molecule is Cc1sc(NC(=O)COc2ccc3c(c2)CCC(=O)N3)nc1-c1ccc(Cl)cc1. The number of halogens is 1. The van der Waals surface area contributed by atoms with Gasteiger partial charge in [0.1, 0.15) is 5.75 Å². The molecule has 6 nitrogen and oxygen atoms in total. The summed E-state index contributed by atoms with van der Waals surface area (Å²) in [6, 6.07) is 12.8. The molecular formula is C21H18ClN3O3S. The van der Waals surface area contributed by atoms with Gasteiger partial charge < -0.3 is 10.1 Å². The fraction of sp³-hybridized carbons (Fsp3) is 0.190. The molecule has 29 heavy (non-hydrogen) atoms. The van der Waals surface area contributed by atoms with Gasteiger partial charge in [-0.2, -0.15) is 0 Å². The van der Waals surface area contributed by atoms with Crippen molar-refractivity contribution in [3.63, 3.8) is 0 Å². The highest BCUT2D eigenvalue weighted by atomic mass is 35.5. The number of hydrogen-bond acceptors (Lipinski definition) is 5. The van der Waals surface area contributed by atoms with Gasteiger partial charge in [0.05, 0.1) is 5.69 Å². The van der Waals surface area contributed by atoms with Crippen molar-refractivity contribution < 1.29 is 14.3 Å². The number of hydrogen-bond donors (Lipinski definition) is 2. The van der Waals surface area contributed by atoms with E-state index in [0.717, 1.165) is 27.4 Å². The molecule has 2 amide bonds. The first-order valence-electron chi connectivity index (χ1n) is 9.07. The molecule has 1 aromatic heterocycles. The van der Waals surface area contributed by atoms with Gasteiger partial charge in [-0.25, -0.2) is 4.98 Å². The van der Waals surface area contributed by atoms with Gasteiger partial charge in [0.25, 0.3) is 5.91 Å². The number of rotatable bonds is 5. The van der Waals surface area contributed by atoms with Gasteiger partial charge in [-0.15, -0.1) is 11.3 Å². The van der Waals surface area contributed by atoms with Crippen LogP contribution >= 0.6 is 22.9 Å². The number of aryl methyl sites for hydroxylation is 2. The molecule has 8 heteroatoms. The molecule has 0 atom stereocenters. The zero-order chi connectivity index (χ0) is 20.4. The van der Waals surface area contributed by atoms with E-state index in [-0.39, 0.29) is 18.4 Å². The summed E-state index contributed by atoms with van der Waals surface area (Å²) in [7, 11) is 0. The molecule has 0 fully saturated rings. The van der Waals surface area contributed by atoms with Crippen molar-refractivity contribution in [2.24, 2.45) is 0 Å². The molecule has 148 valence electrons. The summed E-state index contributed by atoms with van der Waals surface area (Å²) in [5.41, 5.74) is 3.57. The summed E-state index contributed by atoms with van der Waals surface area (Å²) in [5, 5.41) is 6.79. The Hall–Kier alpha value is -2.90. The molecule has 1 aliphatic heterocycles. The third kappa shape index (κ3) is 4.58. The van der Waals surface area contributed by atoms with Crippen LogP contribution in [0.5, 0.6) is 5.75 Å². The van der Waals surface area contributed by atoms with Crippen molar-refractivity contribution in [1.29, 1.82) is 0 Å². The fourth-order valence-corrected chi connectivity index (χ4v) is 4.06. The van der Waals surface area contributed by atoms with Crippen molar-refractivity contribution >= 4 is 45.6 Å². The lowest BCUT2D eigenvalue weighted by Crippen LogP contribution is -2.21. The van der Waals surface area contributed by atoms with Crippen LogP contribution in [0.4, 0.5) is 10.8 Å². The zero-order valence-electron chi connectivity index (χ0n) is 15.6. The number of nitrogens with one attached hydrogen (secondary N) is 2. The van der Waals surface area contributed by atoms with E-state index in [1.165, 1.54) is 11.3 Å². The summed E-state index contributed by atoms with van der Waals surface area (Å²) in [5.74, 6) is 0.321. The summed E-state index contributed by atoms with van der Waals surface area (Å²) in [4.78, 5) is 29.2.